The third-order valence-electron chi connectivity index (χ3n) is 7.40. The van der Waals surface area contributed by atoms with Gasteiger partial charge in [0.15, 0.2) is 0 Å². The summed E-state index contributed by atoms with van der Waals surface area (Å²) in [5, 5.41) is 8.65. The SMILES string of the molecule is Cc1nnc2nc(N3CCCc4c(CCC5(C(F)(F)F)CC5)cccc43)c3c(F)cccc3n12. The minimum Gasteiger partial charge on any atom is -0.325 e. The number of hydrogen-bond acceptors (Lipinski definition) is 4. The third-order valence-corrected chi connectivity index (χ3v) is 7.40. The van der Waals surface area contributed by atoms with Crippen LogP contribution in [0.4, 0.5) is 29.1 Å². The van der Waals surface area contributed by atoms with Gasteiger partial charge in [-0.3, -0.25) is 4.40 Å². The maximum absolute atomic E-state index is 15.2. The van der Waals surface area contributed by atoms with Gasteiger partial charge in [-0.1, -0.05) is 18.2 Å². The molecule has 1 fully saturated rings. The lowest BCUT2D eigenvalue weighted by Gasteiger charge is -2.33. The zero-order valence-electron chi connectivity index (χ0n) is 18.7. The van der Waals surface area contributed by atoms with Gasteiger partial charge < -0.3 is 4.90 Å². The van der Waals surface area contributed by atoms with Crippen molar-refractivity contribution in [1.29, 1.82) is 0 Å². The van der Waals surface area contributed by atoms with Gasteiger partial charge in [0.2, 0.25) is 0 Å². The van der Waals surface area contributed by atoms with E-state index in [0.29, 0.717) is 41.3 Å². The maximum atomic E-state index is 15.2. The van der Waals surface area contributed by atoms with Crippen LogP contribution in [0.5, 0.6) is 0 Å². The fourth-order valence-electron chi connectivity index (χ4n) is 5.32. The summed E-state index contributed by atoms with van der Waals surface area (Å²) in [5.74, 6) is 1.07. The zero-order chi connectivity index (χ0) is 23.7. The molecule has 0 N–H and O–H groups in total. The van der Waals surface area contributed by atoms with Crippen LogP contribution in [0, 0.1) is 18.2 Å². The van der Waals surface area contributed by atoms with Crippen LogP contribution in [-0.4, -0.2) is 32.3 Å². The van der Waals surface area contributed by atoms with Crippen molar-refractivity contribution in [1.82, 2.24) is 19.6 Å². The first-order valence-electron chi connectivity index (χ1n) is 11.5. The molecule has 0 atom stereocenters. The van der Waals surface area contributed by atoms with Gasteiger partial charge in [0.05, 0.1) is 16.3 Å². The molecule has 1 saturated carbocycles. The van der Waals surface area contributed by atoms with Crippen molar-refractivity contribution in [2.24, 2.45) is 5.41 Å². The molecular weight excluding hydrogens is 446 g/mol. The number of aryl methyl sites for hydroxylation is 2. The van der Waals surface area contributed by atoms with Crippen molar-refractivity contribution in [3.63, 3.8) is 0 Å². The van der Waals surface area contributed by atoms with Crippen molar-refractivity contribution >= 4 is 28.2 Å². The number of halogens is 4. The van der Waals surface area contributed by atoms with E-state index in [1.807, 2.05) is 29.2 Å². The Morgan fingerprint density at radius 1 is 1.06 bits per heavy atom. The molecule has 0 saturated heterocycles. The number of hydrogen-bond donors (Lipinski definition) is 0. The second-order valence-corrected chi connectivity index (χ2v) is 9.40. The van der Waals surface area contributed by atoms with Gasteiger partial charge in [-0.15, -0.1) is 10.2 Å². The lowest BCUT2D eigenvalue weighted by atomic mass is 9.90. The monoisotopic (exact) mass is 469 g/mol. The molecule has 2 aliphatic rings. The molecule has 5 nitrogen and oxygen atoms in total. The first kappa shape index (κ1) is 21.3. The summed E-state index contributed by atoms with van der Waals surface area (Å²) in [6.07, 6.45) is -1.68. The highest BCUT2D eigenvalue weighted by atomic mass is 19.4. The Balaban J connectivity index is 1.45. The van der Waals surface area contributed by atoms with Gasteiger partial charge in [-0.25, -0.2) is 4.39 Å². The van der Waals surface area contributed by atoms with Crippen LogP contribution in [0.25, 0.3) is 16.7 Å². The topological polar surface area (TPSA) is 46.3 Å². The van der Waals surface area contributed by atoms with Gasteiger partial charge in [-0.05, 0) is 74.8 Å². The van der Waals surface area contributed by atoms with Crippen LogP contribution in [0.2, 0.25) is 0 Å². The first-order valence-corrected chi connectivity index (χ1v) is 11.5. The summed E-state index contributed by atoms with van der Waals surface area (Å²) >= 11 is 0. The number of nitrogens with zero attached hydrogens (tertiary/aromatic N) is 5. The Morgan fingerprint density at radius 3 is 2.62 bits per heavy atom. The predicted octanol–water partition coefficient (Wildman–Crippen LogP) is 6.08. The summed E-state index contributed by atoms with van der Waals surface area (Å²) in [6.45, 7) is 2.42. The normalized spacial score (nSPS) is 17.4. The summed E-state index contributed by atoms with van der Waals surface area (Å²) in [6, 6.07) is 10.6. The lowest BCUT2D eigenvalue weighted by Crippen LogP contribution is -2.28. The summed E-state index contributed by atoms with van der Waals surface area (Å²) < 4.78 is 57.3. The Morgan fingerprint density at radius 2 is 1.85 bits per heavy atom. The van der Waals surface area contributed by atoms with Crippen LogP contribution in [0.3, 0.4) is 0 Å². The molecule has 0 radical (unpaired) electrons. The smallest absolute Gasteiger partial charge is 0.325 e. The van der Waals surface area contributed by atoms with E-state index >= 15 is 4.39 Å². The van der Waals surface area contributed by atoms with E-state index in [9.17, 15) is 13.2 Å². The van der Waals surface area contributed by atoms with Gasteiger partial charge in [0.25, 0.3) is 5.78 Å². The molecule has 9 heteroatoms. The molecule has 0 spiro atoms. The minimum absolute atomic E-state index is 0.105. The van der Waals surface area contributed by atoms with E-state index in [0.717, 1.165) is 29.7 Å². The van der Waals surface area contributed by atoms with Crippen molar-refractivity contribution in [2.45, 2.75) is 51.6 Å². The fraction of sp³-hybridized carbons (Fsp3) is 0.400. The highest BCUT2D eigenvalue weighted by Gasteiger charge is 2.62. The Labute approximate surface area is 193 Å². The van der Waals surface area contributed by atoms with Crippen LogP contribution in [0.1, 0.15) is 42.6 Å². The van der Waals surface area contributed by atoms with Crippen LogP contribution >= 0.6 is 0 Å². The van der Waals surface area contributed by atoms with Gasteiger partial charge in [0, 0.05) is 12.2 Å². The first-order chi connectivity index (χ1) is 16.3. The second kappa shape index (κ2) is 7.38. The quantitative estimate of drug-likeness (QED) is 0.340. The Kier molecular flexibility index (Phi) is 4.63. The largest absolute Gasteiger partial charge is 0.394 e. The second-order valence-electron chi connectivity index (χ2n) is 9.40. The fourth-order valence-corrected chi connectivity index (χ4v) is 5.32. The van der Waals surface area contributed by atoms with Gasteiger partial charge in [-0.2, -0.15) is 18.2 Å². The van der Waals surface area contributed by atoms with Crippen LogP contribution < -0.4 is 4.90 Å². The van der Waals surface area contributed by atoms with E-state index in [1.165, 1.54) is 6.07 Å². The molecule has 6 rings (SSSR count). The molecule has 176 valence electrons. The number of rotatable bonds is 4. The van der Waals surface area contributed by atoms with Crippen molar-refractivity contribution in [3.8, 4) is 0 Å². The van der Waals surface area contributed by atoms with E-state index < -0.39 is 11.6 Å². The van der Waals surface area contributed by atoms with E-state index in [1.54, 1.807) is 17.4 Å². The maximum Gasteiger partial charge on any atom is 0.394 e. The molecule has 0 amide bonds. The van der Waals surface area contributed by atoms with Crippen molar-refractivity contribution < 1.29 is 17.6 Å². The van der Waals surface area contributed by atoms with Crippen molar-refractivity contribution in [3.05, 3.63) is 59.2 Å². The predicted molar refractivity (Wildman–Crippen MR) is 121 cm³/mol. The standard InChI is InChI=1S/C25H23F4N5/c1-15-31-32-23-30-22(21-18(26)7-3-9-20(21)34(15)23)33-14-4-6-17-16(5-2-8-19(17)33)10-11-24(12-13-24)25(27,28)29/h2-3,5,7-9H,4,6,10-14H2,1H3. The molecule has 1 aliphatic carbocycles. The molecule has 34 heavy (non-hydrogen) atoms. The molecule has 4 aromatic rings. The Hall–Kier alpha value is -3.23. The van der Waals surface area contributed by atoms with Crippen molar-refractivity contribution in [2.75, 3.05) is 11.4 Å². The number of benzene rings is 2. The van der Waals surface area contributed by atoms with E-state index in [4.69, 9.17) is 4.98 Å². The molecule has 0 unspecified atom stereocenters. The number of fused-ring (bicyclic) bond motifs is 4. The molecule has 3 heterocycles. The third kappa shape index (κ3) is 3.16. The molecule has 1 aliphatic heterocycles. The molecular formula is C25H23F4N5. The van der Waals surface area contributed by atoms with Gasteiger partial charge in [0.1, 0.15) is 17.5 Å². The van der Waals surface area contributed by atoms with Crippen LogP contribution in [0.15, 0.2) is 36.4 Å². The minimum atomic E-state index is -4.15. The van der Waals surface area contributed by atoms with E-state index in [2.05, 4.69) is 10.2 Å². The average Bonchev–Trinajstić information content (AvgIpc) is 3.53. The van der Waals surface area contributed by atoms with Crippen LogP contribution in [-0.2, 0) is 12.8 Å². The summed E-state index contributed by atoms with van der Waals surface area (Å²) in [7, 11) is 0. The number of alkyl halides is 3. The van der Waals surface area contributed by atoms with Gasteiger partial charge >= 0.3 is 6.18 Å². The summed E-state index contributed by atoms with van der Waals surface area (Å²) in [5.41, 5.74) is 1.93. The highest BCUT2D eigenvalue weighted by molar-refractivity contribution is 5.94. The average molecular weight is 469 g/mol. The molecule has 0 bridgehead atoms. The highest BCUT2D eigenvalue weighted by Crippen LogP contribution is 2.60. The number of anilines is 2. The summed E-state index contributed by atoms with van der Waals surface area (Å²) in [4.78, 5) is 6.67. The van der Waals surface area contributed by atoms with E-state index in [-0.39, 0.29) is 25.1 Å². The lowest BCUT2D eigenvalue weighted by molar-refractivity contribution is -0.188. The zero-order valence-corrected chi connectivity index (χ0v) is 18.7. The Bertz CT molecular complexity index is 1420. The molecule has 2 aromatic carbocycles. The molecule has 2 aromatic heterocycles. The number of aromatic nitrogens is 4.